The number of aromatic nitrogens is 2. The van der Waals surface area contributed by atoms with Gasteiger partial charge in [-0.3, -0.25) is 9.48 Å². The summed E-state index contributed by atoms with van der Waals surface area (Å²) in [5.41, 5.74) is 1.71. The Balaban J connectivity index is 2.81. The van der Waals surface area contributed by atoms with Crippen LogP contribution < -0.4 is 5.32 Å². The lowest BCUT2D eigenvalue weighted by molar-refractivity contribution is -0.141. The van der Waals surface area contributed by atoms with Gasteiger partial charge in [0.2, 0.25) is 5.91 Å². The molecule has 1 atom stereocenters. The van der Waals surface area contributed by atoms with Crippen molar-refractivity contribution < 1.29 is 14.7 Å². The van der Waals surface area contributed by atoms with Gasteiger partial charge in [-0.15, -0.1) is 0 Å². The van der Waals surface area contributed by atoms with Gasteiger partial charge in [0.1, 0.15) is 6.04 Å². The molecule has 0 aliphatic heterocycles. The molecule has 0 radical (unpaired) electrons. The van der Waals surface area contributed by atoms with Crippen molar-refractivity contribution in [1.29, 1.82) is 0 Å². The van der Waals surface area contributed by atoms with E-state index in [1.54, 1.807) is 11.7 Å². The van der Waals surface area contributed by atoms with E-state index in [4.69, 9.17) is 5.11 Å². The van der Waals surface area contributed by atoms with Gasteiger partial charge in [0, 0.05) is 26.1 Å². The normalized spacial score (nSPS) is 12.2. The number of hydrogen-bond donors (Lipinski definition) is 2. The van der Waals surface area contributed by atoms with Gasteiger partial charge in [-0.25, -0.2) is 4.79 Å². The fourth-order valence-electron chi connectivity index (χ4n) is 1.59. The summed E-state index contributed by atoms with van der Waals surface area (Å²) in [6.07, 6.45) is 1.03. The average molecular weight is 239 g/mol. The zero-order chi connectivity index (χ0) is 13.0. The van der Waals surface area contributed by atoms with Crippen LogP contribution in [0, 0.1) is 0 Å². The number of aryl methyl sites for hydroxylation is 2. The fourth-order valence-corrected chi connectivity index (χ4v) is 1.59. The molecule has 0 aromatic carbocycles. The molecule has 0 saturated carbocycles. The number of aliphatic carboxylic acids is 1. The highest BCUT2D eigenvalue weighted by atomic mass is 16.4. The molecule has 6 nitrogen and oxygen atoms in total. The number of carboxylic acid groups (broad SMARTS) is 1. The topological polar surface area (TPSA) is 84.2 Å². The van der Waals surface area contributed by atoms with Crippen LogP contribution in [0.2, 0.25) is 0 Å². The summed E-state index contributed by atoms with van der Waals surface area (Å²) >= 11 is 0. The Hall–Kier alpha value is -1.85. The number of carbonyl (C=O) groups excluding carboxylic acids is 1. The summed E-state index contributed by atoms with van der Waals surface area (Å²) < 4.78 is 1.65. The number of rotatable bonds is 5. The van der Waals surface area contributed by atoms with Gasteiger partial charge in [0.25, 0.3) is 0 Å². The Morgan fingerprint density at radius 3 is 2.65 bits per heavy atom. The minimum absolute atomic E-state index is 0.235. The molecule has 1 aromatic rings. The minimum atomic E-state index is -1.04. The first-order chi connectivity index (χ1) is 7.93. The first kappa shape index (κ1) is 13.2. The number of hydrogen-bond acceptors (Lipinski definition) is 3. The third-order valence-corrected chi connectivity index (χ3v) is 2.48. The Labute approximate surface area is 99.6 Å². The summed E-state index contributed by atoms with van der Waals surface area (Å²) in [5, 5.41) is 15.6. The van der Waals surface area contributed by atoms with Crippen LogP contribution in [0.15, 0.2) is 6.07 Å². The molecule has 17 heavy (non-hydrogen) atoms. The Morgan fingerprint density at radius 1 is 1.59 bits per heavy atom. The van der Waals surface area contributed by atoms with E-state index in [0.717, 1.165) is 17.8 Å². The summed E-state index contributed by atoms with van der Waals surface area (Å²) in [5.74, 6) is -1.39. The molecular formula is C11H17N3O3. The first-order valence-corrected chi connectivity index (χ1v) is 5.45. The lowest BCUT2D eigenvalue weighted by Crippen LogP contribution is -2.41. The summed E-state index contributed by atoms with van der Waals surface area (Å²) in [6.45, 7) is 3.28. The molecule has 94 valence electrons. The molecule has 1 aromatic heterocycles. The zero-order valence-electron chi connectivity index (χ0n) is 10.2. The lowest BCUT2D eigenvalue weighted by Gasteiger charge is -2.12. The van der Waals surface area contributed by atoms with E-state index in [1.807, 2.05) is 13.0 Å². The molecular weight excluding hydrogens is 222 g/mol. The van der Waals surface area contributed by atoms with Gasteiger partial charge in [-0.05, 0) is 12.5 Å². The third-order valence-electron chi connectivity index (χ3n) is 2.48. The van der Waals surface area contributed by atoms with E-state index >= 15 is 0 Å². The molecule has 0 spiro atoms. The number of carbonyl (C=O) groups is 2. The van der Waals surface area contributed by atoms with Gasteiger partial charge in [0.15, 0.2) is 0 Å². The van der Waals surface area contributed by atoms with Crippen LogP contribution in [0.5, 0.6) is 0 Å². The third kappa shape index (κ3) is 3.58. The highest BCUT2D eigenvalue weighted by Gasteiger charge is 2.20. The SMILES string of the molecule is CCc1cc(CC(NC(C)=O)C(=O)O)n(C)n1. The molecule has 1 unspecified atom stereocenters. The van der Waals surface area contributed by atoms with Crippen molar-refractivity contribution in [2.75, 3.05) is 0 Å². The summed E-state index contributed by atoms with van der Waals surface area (Å²) in [6, 6.07) is 0.949. The first-order valence-electron chi connectivity index (χ1n) is 5.45. The van der Waals surface area contributed by atoms with Gasteiger partial charge in [-0.2, -0.15) is 5.10 Å². The smallest absolute Gasteiger partial charge is 0.326 e. The van der Waals surface area contributed by atoms with E-state index in [1.165, 1.54) is 6.92 Å². The molecule has 2 N–H and O–H groups in total. The van der Waals surface area contributed by atoms with Crippen molar-refractivity contribution in [1.82, 2.24) is 15.1 Å². The monoisotopic (exact) mass is 239 g/mol. The second-order valence-corrected chi connectivity index (χ2v) is 3.90. The molecule has 1 rings (SSSR count). The van der Waals surface area contributed by atoms with E-state index in [9.17, 15) is 9.59 Å². The fraction of sp³-hybridized carbons (Fsp3) is 0.545. The maximum atomic E-state index is 11.0. The van der Waals surface area contributed by atoms with Crippen molar-refractivity contribution in [2.45, 2.75) is 32.7 Å². The molecule has 0 aliphatic rings. The number of nitrogens with zero attached hydrogens (tertiary/aromatic N) is 2. The predicted molar refractivity (Wildman–Crippen MR) is 61.5 cm³/mol. The Kier molecular flexibility index (Phi) is 4.25. The van der Waals surface area contributed by atoms with Crippen molar-refractivity contribution in [3.8, 4) is 0 Å². The standard InChI is InChI=1S/C11H17N3O3/c1-4-8-5-9(14(3)13-8)6-10(11(16)17)12-7(2)15/h5,10H,4,6H2,1-3H3,(H,12,15)(H,16,17). The van der Waals surface area contributed by atoms with E-state index in [0.29, 0.717) is 0 Å². The van der Waals surface area contributed by atoms with Crippen LogP contribution >= 0.6 is 0 Å². The minimum Gasteiger partial charge on any atom is -0.480 e. The average Bonchev–Trinajstić information content (AvgIpc) is 2.58. The molecule has 0 saturated heterocycles. The van der Waals surface area contributed by atoms with Crippen molar-refractivity contribution in [2.24, 2.45) is 7.05 Å². The van der Waals surface area contributed by atoms with Crippen molar-refractivity contribution in [3.05, 3.63) is 17.5 Å². The summed E-state index contributed by atoms with van der Waals surface area (Å²) in [4.78, 5) is 21.9. The van der Waals surface area contributed by atoms with Crippen LogP contribution in [-0.4, -0.2) is 32.8 Å². The number of carboxylic acids is 1. The van der Waals surface area contributed by atoms with Crippen molar-refractivity contribution in [3.63, 3.8) is 0 Å². The summed E-state index contributed by atoms with van der Waals surface area (Å²) in [7, 11) is 1.77. The molecule has 1 heterocycles. The highest BCUT2D eigenvalue weighted by molar-refractivity contribution is 5.82. The van der Waals surface area contributed by atoms with Gasteiger partial charge in [-0.1, -0.05) is 6.92 Å². The molecule has 0 fully saturated rings. The Morgan fingerprint density at radius 2 is 2.24 bits per heavy atom. The van der Waals surface area contributed by atoms with E-state index in [2.05, 4.69) is 10.4 Å². The quantitative estimate of drug-likeness (QED) is 0.764. The van der Waals surface area contributed by atoms with Crippen LogP contribution in [0.3, 0.4) is 0 Å². The lowest BCUT2D eigenvalue weighted by atomic mass is 10.1. The maximum Gasteiger partial charge on any atom is 0.326 e. The molecule has 6 heteroatoms. The van der Waals surface area contributed by atoms with Crippen LogP contribution in [-0.2, 0) is 29.5 Å². The second kappa shape index (κ2) is 5.47. The Bertz CT molecular complexity index is 426. The maximum absolute atomic E-state index is 11.0. The van der Waals surface area contributed by atoms with E-state index < -0.39 is 12.0 Å². The number of nitrogens with one attached hydrogen (secondary N) is 1. The predicted octanol–water partition coefficient (Wildman–Crippen LogP) is 0.114. The zero-order valence-corrected chi connectivity index (χ0v) is 10.2. The van der Waals surface area contributed by atoms with Gasteiger partial charge >= 0.3 is 5.97 Å². The van der Waals surface area contributed by atoms with Crippen LogP contribution in [0.1, 0.15) is 25.2 Å². The van der Waals surface area contributed by atoms with E-state index in [-0.39, 0.29) is 12.3 Å². The second-order valence-electron chi connectivity index (χ2n) is 3.90. The highest BCUT2D eigenvalue weighted by Crippen LogP contribution is 2.07. The molecule has 0 aliphatic carbocycles. The van der Waals surface area contributed by atoms with Crippen LogP contribution in [0.25, 0.3) is 0 Å². The van der Waals surface area contributed by atoms with Crippen LogP contribution in [0.4, 0.5) is 0 Å². The van der Waals surface area contributed by atoms with Crippen molar-refractivity contribution >= 4 is 11.9 Å². The van der Waals surface area contributed by atoms with Gasteiger partial charge in [0.05, 0.1) is 5.69 Å². The number of amides is 1. The molecule has 0 bridgehead atoms. The van der Waals surface area contributed by atoms with Gasteiger partial charge < -0.3 is 10.4 Å². The molecule has 1 amide bonds. The largest absolute Gasteiger partial charge is 0.480 e.